The molecule has 2 aromatic rings. The fourth-order valence-electron chi connectivity index (χ4n) is 4.39. The molecule has 1 atom stereocenters. The standard InChI is InChI=1S/C22H27N5O2/c1-21(4-5-21)29-17-2-3-18(23)15(11-17)10-16-12-19(26-14-25-16)27-9-7-22(13-27)6-8-24-20(22)28/h2-3,11-12,14H,4-10,13,23H2,1H3,(H,24,28). The second-order valence-corrected chi connectivity index (χ2v) is 8.91. The largest absolute Gasteiger partial charge is 0.488 e. The molecule has 152 valence electrons. The Morgan fingerprint density at radius 1 is 1.21 bits per heavy atom. The first-order valence-electron chi connectivity index (χ1n) is 10.4. The third-order valence-corrected chi connectivity index (χ3v) is 6.56. The van der Waals surface area contributed by atoms with Crippen LogP contribution in [0.2, 0.25) is 0 Å². The maximum atomic E-state index is 12.3. The molecule has 29 heavy (non-hydrogen) atoms. The molecule has 3 heterocycles. The van der Waals surface area contributed by atoms with Gasteiger partial charge in [0.2, 0.25) is 5.91 Å². The summed E-state index contributed by atoms with van der Waals surface area (Å²) in [6.45, 7) is 4.47. The second-order valence-electron chi connectivity index (χ2n) is 8.91. The number of nitrogens with zero attached hydrogens (tertiary/aromatic N) is 3. The Balaban J connectivity index is 1.33. The lowest BCUT2D eigenvalue weighted by Crippen LogP contribution is -2.34. The Labute approximate surface area is 170 Å². The molecule has 1 aromatic carbocycles. The van der Waals surface area contributed by atoms with E-state index in [1.807, 2.05) is 24.3 Å². The first-order valence-corrected chi connectivity index (χ1v) is 10.4. The Morgan fingerprint density at radius 2 is 2.07 bits per heavy atom. The molecule has 3 aliphatic rings. The van der Waals surface area contributed by atoms with Crippen LogP contribution in [0.25, 0.3) is 0 Å². The second kappa shape index (κ2) is 6.61. The summed E-state index contributed by atoms with van der Waals surface area (Å²) in [6, 6.07) is 7.88. The number of carbonyl (C=O) groups is 1. The predicted octanol–water partition coefficient (Wildman–Crippen LogP) is 2.30. The highest BCUT2D eigenvalue weighted by Crippen LogP contribution is 2.40. The lowest BCUT2D eigenvalue weighted by atomic mass is 9.86. The van der Waals surface area contributed by atoms with Crippen LogP contribution in [0.5, 0.6) is 5.75 Å². The molecular weight excluding hydrogens is 366 g/mol. The smallest absolute Gasteiger partial charge is 0.228 e. The summed E-state index contributed by atoms with van der Waals surface area (Å²) in [4.78, 5) is 23.4. The summed E-state index contributed by atoms with van der Waals surface area (Å²) in [5.41, 5.74) is 8.60. The van der Waals surface area contributed by atoms with Crippen LogP contribution in [0.15, 0.2) is 30.6 Å². The summed E-state index contributed by atoms with van der Waals surface area (Å²) in [5, 5.41) is 2.98. The van der Waals surface area contributed by atoms with Crippen molar-refractivity contribution < 1.29 is 9.53 Å². The van der Waals surface area contributed by atoms with Crippen molar-refractivity contribution in [1.29, 1.82) is 0 Å². The molecule has 3 N–H and O–H groups in total. The van der Waals surface area contributed by atoms with E-state index in [2.05, 4.69) is 27.1 Å². The number of nitrogens with two attached hydrogens (primary N) is 1. The van der Waals surface area contributed by atoms with Crippen LogP contribution in [0.4, 0.5) is 11.5 Å². The van der Waals surface area contributed by atoms with Gasteiger partial charge in [0.15, 0.2) is 0 Å². The van der Waals surface area contributed by atoms with Gasteiger partial charge in [-0.3, -0.25) is 4.79 Å². The summed E-state index contributed by atoms with van der Waals surface area (Å²) in [7, 11) is 0. The van der Waals surface area contributed by atoms with E-state index in [1.165, 1.54) is 0 Å². The number of ether oxygens (including phenoxy) is 1. The minimum atomic E-state index is -0.250. The molecule has 0 radical (unpaired) electrons. The number of nitrogens with one attached hydrogen (secondary N) is 1. The van der Waals surface area contributed by atoms with E-state index in [4.69, 9.17) is 10.5 Å². The van der Waals surface area contributed by atoms with E-state index in [0.29, 0.717) is 6.42 Å². The van der Waals surface area contributed by atoms with Gasteiger partial charge in [-0.25, -0.2) is 9.97 Å². The van der Waals surface area contributed by atoms with Crippen molar-refractivity contribution in [3.63, 3.8) is 0 Å². The van der Waals surface area contributed by atoms with Crippen molar-refractivity contribution in [3.8, 4) is 5.75 Å². The van der Waals surface area contributed by atoms with Crippen LogP contribution in [-0.4, -0.2) is 41.1 Å². The van der Waals surface area contributed by atoms with E-state index in [9.17, 15) is 4.79 Å². The van der Waals surface area contributed by atoms with Gasteiger partial charge in [-0.1, -0.05) is 0 Å². The molecule has 1 aromatic heterocycles. The number of benzene rings is 1. The molecule has 1 amide bonds. The highest BCUT2D eigenvalue weighted by molar-refractivity contribution is 5.86. The topological polar surface area (TPSA) is 93.4 Å². The minimum Gasteiger partial charge on any atom is -0.488 e. The molecule has 1 spiro atoms. The maximum Gasteiger partial charge on any atom is 0.228 e. The Hall–Kier alpha value is -2.83. The van der Waals surface area contributed by atoms with Crippen LogP contribution >= 0.6 is 0 Å². The van der Waals surface area contributed by atoms with Gasteiger partial charge in [0.1, 0.15) is 23.5 Å². The Bertz CT molecular complexity index is 958. The zero-order valence-corrected chi connectivity index (χ0v) is 16.8. The number of rotatable bonds is 5. The molecule has 5 rings (SSSR count). The van der Waals surface area contributed by atoms with Crippen molar-refractivity contribution in [2.24, 2.45) is 5.41 Å². The first-order chi connectivity index (χ1) is 13.9. The van der Waals surface area contributed by atoms with Gasteiger partial charge < -0.3 is 20.7 Å². The molecule has 1 saturated carbocycles. The molecule has 2 saturated heterocycles. The van der Waals surface area contributed by atoms with Gasteiger partial charge in [-0.2, -0.15) is 0 Å². The summed E-state index contributed by atoms with van der Waals surface area (Å²) < 4.78 is 6.08. The number of anilines is 2. The SMILES string of the molecule is CC1(Oc2ccc(N)c(Cc3cc(N4CCC5(CCNC5=O)C4)ncn3)c2)CC1. The lowest BCUT2D eigenvalue weighted by Gasteiger charge is -2.22. The van der Waals surface area contributed by atoms with Crippen molar-refractivity contribution in [1.82, 2.24) is 15.3 Å². The van der Waals surface area contributed by atoms with E-state index >= 15 is 0 Å². The highest BCUT2D eigenvalue weighted by atomic mass is 16.5. The fourth-order valence-corrected chi connectivity index (χ4v) is 4.39. The van der Waals surface area contributed by atoms with Gasteiger partial charge in [-0.05, 0) is 56.4 Å². The number of nitrogen functional groups attached to an aromatic ring is 1. The van der Waals surface area contributed by atoms with Gasteiger partial charge in [0.25, 0.3) is 0 Å². The van der Waals surface area contributed by atoms with Gasteiger partial charge in [0.05, 0.1) is 11.1 Å². The Kier molecular flexibility index (Phi) is 4.15. The zero-order chi connectivity index (χ0) is 20.1. The molecule has 2 aliphatic heterocycles. The monoisotopic (exact) mass is 393 g/mol. The third kappa shape index (κ3) is 3.50. The van der Waals surface area contributed by atoms with Gasteiger partial charge in [0, 0.05) is 37.8 Å². The van der Waals surface area contributed by atoms with Crippen molar-refractivity contribution in [2.75, 3.05) is 30.3 Å². The quantitative estimate of drug-likeness (QED) is 0.757. The number of aromatic nitrogens is 2. The minimum absolute atomic E-state index is 0.0201. The molecule has 0 bridgehead atoms. The summed E-state index contributed by atoms with van der Waals surface area (Å²) in [5.74, 6) is 1.92. The summed E-state index contributed by atoms with van der Waals surface area (Å²) >= 11 is 0. The van der Waals surface area contributed by atoms with Crippen molar-refractivity contribution in [3.05, 3.63) is 41.9 Å². The third-order valence-electron chi connectivity index (χ3n) is 6.56. The van der Waals surface area contributed by atoms with E-state index in [1.54, 1.807) is 6.33 Å². The predicted molar refractivity (Wildman–Crippen MR) is 111 cm³/mol. The van der Waals surface area contributed by atoms with Crippen LogP contribution in [-0.2, 0) is 11.2 Å². The lowest BCUT2D eigenvalue weighted by molar-refractivity contribution is -0.126. The normalized spacial score (nSPS) is 24.7. The van der Waals surface area contributed by atoms with Gasteiger partial charge in [-0.15, -0.1) is 0 Å². The fraction of sp³-hybridized carbons (Fsp3) is 0.500. The van der Waals surface area contributed by atoms with Crippen molar-refractivity contribution in [2.45, 2.75) is 44.6 Å². The molecule has 7 heteroatoms. The average Bonchev–Trinajstić information content (AvgIpc) is 3.12. The van der Waals surface area contributed by atoms with Gasteiger partial charge >= 0.3 is 0 Å². The number of hydrogen-bond acceptors (Lipinski definition) is 6. The van der Waals surface area contributed by atoms with Crippen LogP contribution in [0.3, 0.4) is 0 Å². The summed E-state index contributed by atoms with van der Waals surface area (Å²) in [6.07, 6.45) is 6.20. The highest BCUT2D eigenvalue weighted by Gasteiger charge is 2.47. The van der Waals surface area contributed by atoms with Crippen molar-refractivity contribution >= 4 is 17.4 Å². The van der Waals surface area contributed by atoms with E-state index < -0.39 is 0 Å². The number of amides is 1. The maximum absolute atomic E-state index is 12.3. The zero-order valence-electron chi connectivity index (χ0n) is 16.8. The molecule has 7 nitrogen and oxygen atoms in total. The van der Waals surface area contributed by atoms with Crippen LogP contribution < -0.4 is 20.7 Å². The Morgan fingerprint density at radius 3 is 2.83 bits per heavy atom. The van der Waals surface area contributed by atoms with Crippen LogP contribution in [0.1, 0.15) is 43.9 Å². The van der Waals surface area contributed by atoms with E-state index in [0.717, 1.165) is 73.8 Å². The molecule has 1 aliphatic carbocycles. The van der Waals surface area contributed by atoms with Crippen LogP contribution in [0, 0.1) is 5.41 Å². The number of carbonyl (C=O) groups excluding carboxylic acids is 1. The molecular formula is C22H27N5O2. The number of hydrogen-bond donors (Lipinski definition) is 2. The average molecular weight is 393 g/mol. The first kappa shape index (κ1) is 18.2. The van der Waals surface area contributed by atoms with E-state index in [-0.39, 0.29) is 16.9 Å². The molecule has 3 fully saturated rings. The molecule has 1 unspecified atom stereocenters.